The van der Waals surface area contributed by atoms with Crippen LogP contribution in [0.3, 0.4) is 0 Å². The van der Waals surface area contributed by atoms with E-state index in [0.717, 1.165) is 53.2 Å². The Morgan fingerprint density at radius 1 is 1.19 bits per heavy atom. The Hall–Kier alpha value is -2.84. The molecule has 4 aromatic rings. The van der Waals surface area contributed by atoms with Gasteiger partial charge >= 0.3 is 0 Å². The third kappa shape index (κ3) is 2.38. The molecule has 0 aliphatic carbocycles. The van der Waals surface area contributed by atoms with E-state index in [1.54, 1.807) is 0 Å². The second-order valence-corrected chi connectivity index (χ2v) is 7.21. The lowest BCUT2D eigenvalue weighted by atomic mass is 10.2. The molecule has 8 heteroatoms. The van der Waals surface area contributed by atoms with Gasteiger partial charge in [-0.25, -0.2) is 4.98 Å². The lowest BCUT2D eigenvalue weighted by Crippen LogP contribution is -2.36. The molecule has 0 radical (unpaired) electrons. The topological polar surface area (TPSA) is 100 Å². The fourth-order valence-electron chi connectivity index (χ4n) is 3.41. The summed E-state index contributed by atoms with van der Waals surface area (Å²) < 4.78 is 5.41. The van der Waals surface area contributed by atoms with E-state index in [2.05, 4.69) is 25.9 Å². The second-order valence-electron chi connectivity index (χ2n) is 6.29. The van der Waals surface area contributed by atoms with Gasteiger partial charge in [0.2, 0.25) is 0 Å². The average molecular weight is 367 g/mol. The fraction of sp³-hybridized carbons (Fsp3) is 0.222. The summed E-state index contributed by atoms with van der Waals surface area (Å²) >= 11 is 1.46. The van der Waals surface area contributed by atoms with Gasteiger partial charge in [-0.2, -0.15) is 0 Å². The first-order chi connectivity index (χ1) is 12.7. The molecule has 26 heavy (non-hydrogen) atoms. The number of nitrogens with one attached hydrogen (secondary N) is 2. The van der Waals surface area contributed by atoms with Gasteiger partial charge in [0.15, 0.2) is 0 Å². The Bertz CT molecular complexity index is 1170. The molecular weight excluding hydrogens is 350 g/mol. The number of aromatic amines is 2. The molecule has 132 valence electrons. The van der Waals surface area contributed by atoms with Gasteiger partial charge in [0, 0.05) is 24.2 Å². The van der Waals surface area contributed by atoms with Gasteiger partial charge < -0.3 is 25.3 Å². The van der Waals surface area contributed by atoms with Crippen LogP contribution in [0.15, 0.2) is 34.4 Å². The number of ether oxygens (including phenoxy) is 1. The number of pyridine rings is 1. The number of morpholine rings is 1. The molecule has 5 rings (SSSR count). The number of H-pyrrole nitrogens is 2. The number of nitrogens with two attached hydrogens (primary N) is 1. The number of nitrogens with zero attached hydrogens (tertiary/aromatic N) is 2. The van der Waals surface area contributed by atoms with Crippen LogP contribution in [0.4, 0.5) is 11.4 Å². The molecular formula is C18H17N5O2S. The maximum Gasteiger partial charge on any atom is 0.262 e. The van der Waals surface area contributed by atoms with Crippen molar-refractivity contribution >= 4 is 44.0 Å². The Morgan fingerprint density at radius 2 is 2.04 bits per heavy atom. The summed E-state index contributed by atoms with van der Waals surface area (Å²) in [5, 5.41) is 2.76. The highest BCUT2D eigenvalue weighted by atomic mass is 32.1. The molecule has 0 saturated carbocycles. The Balaban J connectivity index is 1.63. The van der Waals surface area contributed by atoms with Crippen LogP contribution in [-0.2, 0) is 4.74 Å². The average Bonchev–Trinajstić information content (AvgIpc) is 3.28. The number of imidazole rings is 1. The Labute approximate surface area is 152 Å². The number of fused-ring (bicyclic) bond motifs is 2. The number of anilines is 2. The van der Waals surface area contributed by atoms with Crippen molar-refractivity contribution in [1.29, 1.82) is 0 Å². The van der Waals surface area contributed by atoms with E-state index < -0.39 is 0 Å². The minimum atomic E-state index is -0.232. The molecule has 1 aromatic carbocycles. The van der Waals surface area contributed by atoms with E-state index in [9.17, 15) is 4.79 Å². The predicted molar refractivity (Wildman–Crippen MR) is 105 cm³/mol. The number of hydrogen-bond donors (Lipinski definition) is 3. The molecule has 4 N–H and O–H groups in total. The van der Waals surface area contributed by atoms with Gasteiger partial charge in [-0.3, -0.25) is 4.79 Å². The van der Waals surface area contributed by atoms with E-state index in [0.29, 0.717) is 17.1 Å². The summed E-state index contributed by atoms with van der Waals surface area (Å²) in [7, 11) is 0. The molecule has 1 aliphatic rings. The summed E-state index contributed by atoms with van der Waals surface area (Å²) in [6.07, 6.45) is 0. The molecule has 7 nitrogen and oxygen atoms in total. The standard InChI is InChI=1S/C18H17N5O2S/c19-15-11-3-8-26-18(11)22-17(24)14(15)16-20-12-2-1-10(9-13(12)21-16)23-4-6-25-7-5-23/h1-3,8-9H,4-7H2,(H,20,21)(H3,19,22,24). The highest BCUT2D eigenvalue weighted by molar-refractivity contribution is 7.16. The van der Waals surface area contributed by atoms with Crippen molar-refractivity contribution in [3.8, 4) is 11.4 Å². The number of rotatable bonds is 2. The van der Waals surface area contributed by atoms with Gasteiger partial charge in [-0.05, 0) is 29.6 Å². The van der Waals surface area contributed by atoms with E-state index >= 15 is 0 Å². The predicted octanol–water partition coefficient (Wildman–Crippen LogP) is 2.55. The van der Waals surface area contributed by atoms with Crippen molar-refractivity contribution in [1.82, 2.24) is 15.0 Å². The number of nitrogen functional groups attached to an aromatic ring is 1. The molecule has 0 amide bonds. The summed E-state index contributed by atoms with van der Waals surface area (Å²) in [5.74, 6) is 0.492. The van der Waals surface area contributed by atoms with Crippen LogP contribution in [0, 0.1) is 0 Å². The van der Waals surface area contributed by atoms with Gasteiger partial charge in [-0.15, -0.1) is 11.3 Å². The van der Waals surface area contributed by atoms with Crippen molar-refractivity contribution in [2.75, 3.05) is 36.9 Å². The van der Waals surface area contributed by atoms with Crippen molar-refractivity contribution < 1.29 is 4.74 Å². The molecule has 4 heterocycles. The van der Waals surface area contributed by atoms with Gasteiger partial charge in [0.25, 0.3) is 5.56 Å². The normalized spacial score (nSPS) is 15.2. The molecule has 1 fully saturated rings. The van der Waals surface area contributed by atoms with Crippen molar-refractivity contribution in [3.05, 3.63) is 40.0 Å². The Kier molecular flexibility index (Phi) is 3.47. The molecule has 3 aromatic heterocycles. The van der Waals surface area contributed by atoms with Crippen LogP contribution in [-0.4, -0.2) is 41.3 Å². The quantitative estimate of drug-likeness (QED) is 0.506. The van der Waals surface area contributed by atoms with Gasteiger partial charge in [0.05, 0.1) is 29.9 Å². The van der Waals surface area contributed by atoms with Crippen LogP contribution in [0.2, 0.25) is 0 Å². The first-order valence-corrected chi connectivity index (χ1v) is 9.30. The summed E-state index contributed by atoms with van der Waals surface area (Å²) in [5.41, 5.74) is 9.69. The van der Waals surface area contributed by atoms with E-state index in [1.807, 2.05) is 23.6 Å². The fourth-order valence-corrected chi connectivity index (χ4v) is 4.21. The van der Waals surface area contributed by atoms with Crippen molar-refractivity contribution in [3.63, 3.8) is 0 Å². The zero-order valence-electron chi connectivity index (χ0n) is 13.9. The minimum absolute atomic E-state index is 0.232. The number of benzene rings is 1. The molecule has 0 bridgehead atoms. The zero-order valence-corrected chi connectivity index (χ0v) is 14.7. The third-order valence-corrected chi connectivity index (χ3v) is 5.59. The highest BCUT2D eigenvalue weighted by Gasteiger charge is 2.17. The highest BCUT2D eigenvalue weighted by Crippen LogP contribution is 2.31. The first kappa shape index (κ1) is 15.4. The van der Waals surface area contributed by atoms with Crippen LogP contribution < -0.4 is 16.2 Å². The second kappa shape index (κ2) is 5.86. The zero-order chi connectivity index (χ0) is 17.7. The number of thiophene rings is 1. The summed E-state index contributed by atoms with van der Waals surface area (Å²) in [6.45, 7) is 3.21. The van der Waals surface area contributed by atoms with Crippen LogP contribution in [0.1, 0.15) is 0 Å². The lowest BCUT2D eigenvalue weighted by molar-refractivity contribution is 0.122. The maximum absolute atomic E-state index is 12.5. The number of aromatic nitrogens is 3. The van der Waals surface area contributed by atoms with Crippen molar-refractivity contribution in [2.24, 2.45) is 0 Å². The largest absolute Gasteiger partial charge is 0.397 e. The third-order valence-electron chi connectivity index (χ3n) is 4.76. The number of hydrogen-bond acceptors (Lipinski definition) is 6. The van der Waals surface area contributed by atoms with Gasteiger partial charge in [0.1, 0.15) is 16.2 Å². The summed E-state index contributed by atoms with van der Waals surface area (Å²) in [4.78, 5) is 26.3. The van der Waals surface area contributed by atoms with Crippen LogP contribution in [0.5, 0.6) is 0 Å². The van der Waals surface area contributed by atoms with Crippen molar-refractivity contribution in [2.45, 2.75) is 0 Å². The smallest absolute Gasteiger partial charge is 0.262 e. The molecule has 0 unspecified atom stereocenters. The molecule has 0 spiro atoms. The van der Waals surface area contributed by atoms with E-state index in [4.69, 9.17) is 10.5 Å². The monoisotopic (exact) mass is 367 g/mol. The molecule has 1 saturated heterocycles. The SMILES string of the molecule is Nc1c(-c2nc3ccc(N4CCOCC4)cc3[nH]2)c(=O)[nH]c2sccc12. The Morgan fingerprint density at radius 3 is 2.88 bits per heavy atom. The maximum atomic E-state index is 12.5. The molecule has 0 atom stereocenters. The minimum Gasteiger partial charge on any atom is -0.397 e. The van der Waals surface area contributed by atoms with Crippen LogP contribution >= 0.6 is 11.3 Å². The van der Waals surface area contributed by atoms with E-state index in [-0.39, 0.29) is 5.56 Å². The first-order valence-electron chi connectivity index (χ1n) is 8.42. The van der Waals surface area contributed by atoms with Gasteiger partial charge in [-0.1, -0.05) is 0 Å². The lowest BCUT2D eigenvalue weighted by Gasteiger charge is -2.28. The van der Waals surface area contributed by atoms with E-state index in [1.165, 1.54) is 11.3 Å². The molecule has 1 aliphatic heterocycles. The summed E-state index contributed by atoms with van der Waals surface area (Å²) in [6, 6.07) is 7.99. The van der Waals surface area contributed by atoms with Crippen LogP contribution in [0.25, 0.3) is 32.6 Å².